The summed E-state index contributed by atoms with van der Waals surface area (Å²) in [6.07, 6.45) is -2.27. The van der Waals surface area contributed by atoms with Crippen molar-refractivity contribution in [2.75, 3.05) is 6.54 Å². The van der Waals surface area contributed by atoms with E-state index < -0.39 is 17.6 Å². The Hall–Kier alpha value is -2.32. The highest BCUT2D eigenvalue weighted by Gasteiger charge is 2.30. The molecule has 21 heavy (non-hydrogen) atoms. The molecule has 9 heteroatoms. The van der Waals surface area contributed by atoms with Crippen LogP contribution in [0.5, 0.6) is 0 Å². The molecule has 0 fully saturated rings. The Morgan fingerprint density at radius 3 is 2.62 bits per heavy atom. The lowest BCUT2D eigenvalue weighted by Crippen LogP contribution is -2.25. The van der Waals surface area contributed by atoms with E-state index in [1.807, 2.05) is 0 Å². The second-order valence-corrected chi connectivity index (χ2v) is 4.23. The maximum Gasteiger partial charge on any atom is 0.417 e. The maximum absolute atomic E-state index is 12.3. The molecule has 0 aromatic carbocycles. The van der Waals surface area contributed by atoms with E-state index in [0.29, 0.717) is 32.0 Å². The standard InChI is InChI=1S/C12H15F3N4O2/c13-12(14,15)8-4-5-9(18-7-8)11(20)17-6-2-1-3-10(16)19-21/h4-5,7,21H,1-3,6H2,(H2,16,19)(H,17,20). The fourth-order valence-electron chi connectivity index (χ4n) is 1.47. The summed E-state index contributed by atoms with van der Waals surface area (Å²) >= 11 is 0. The van der Waals surface area contributed by atoms with Gasteiger partial charge < -0.3 is 16.3 Å². The van der Waals surface area contributed by atoms with Crippen LogP contribution in [0.2, 0.25) is 0 Å². The van der Waals surface area contributed by atoms with Crippen LogP contribution < -0.4 is 11.1 Å². The van der Waals surface area contributed by atoms with E-state index in [1.165, 1.54) is 0 Å². The summed E-state index contributed by atoms with van der Waals surface area (Å²) in [5.74, 6) is -0.446. The lowest BCUT2D eigenvalue weighted by atomic mass is 10.2. The first-order valence-electron chi connectivity index (χ1n) is 6.12. The minimum atomic E-state index is -4.48. The summed E-state index contributed by atoms with van der Waals surface area (Å²) in [6.45, 7) is 0.320. The Bertz CT molecular complexity index is 500. The normalized spacial score (nSPS) is 12.2. The predicted octanol–water partition coefficient (Wildman–Crippen LogP) is 1.75. The number of carbonyl (C=O) groups excluding carboxylic acids is 1. The maximum atomic E-state index is 12.3. The van der Waals surface area contributed by atoms with Gasteiger partial charge in [0.25, 0.3) is 5.91 Å². The molecular weight excluding hydrogens is 289 g/mol. The van der Waals surface area contributed by atoms with Crippen molar-refractivity contribution in [1.82, 2.24) is 10.3 Å². The largest absolute Gasteiger partial charge is 0.417 e. The van der Waals surface area contributed by atoms with Crippen molar-refractivity contribution >= 4 is 11.7 Å². The molecule has 0 unspecified atom stereocenters. The molecule has 0 aliphatic carbocycles. The Morgan fingerprint density at radius 2 is 2.10 bits per heavy atom. The molecule has 4 N–H and O–H groups in total. The molecule has 0 saturated heterocycles. The van der Waals surface area contributed by atoms with Crippen molar-refractivity contribution in [3.05, 3.63) is 29.6 Å². The molecular formula is C12H15F3N4O2. The van der Waals surface area contributed by atoms with E-state index in [4.69, 9.17) is 10.9 Å². The molecule has 1 amide bonds. The van der Waals surface area contributed by atoms with E-state index in [-0.39, 0.29) is 11.5 Å². The summed E-state index contributed by atoms with van der Waals surface area (Å²) in [5.41, 5.74) is 4.28. The number of pyridine rings is 1. The molecule has 1 aromatic rings. The quantitative estimate of drug-likeness (QED) is 0.245. The van der Waals surface area contributed by atoms with Gasteiger partial charge in [-0.15, -0.1) is 0 Å². The third-order valence-corrected chi connectivity index (χ3v) is 2.60. The van der Waals surface area contributed by atoms with Crippen molar-refractivity contribution < 1.29 is 23.2 Å². The molecule has 0 atom stereocenters. The molecule has 1 aromatic heterocycles. The fourth-order valence-corrected chi connectivity index (χ4v) is 1.47. The molecule has 0 saturated carbocycles. The van der Waals surface area contributed by atoms with Crippen molar-refractivity contribution in [2.24, 2.45) is 10.9 Å². The molecule has 0 radical (unpaired) electrons. The van der Waals surface area contributed by atoms with E-state index >= 15 is 0 Å². The zero-order chi connectivity index (χ0) is 15.9. The fraction of sp³-hybridized carbons (Fsp3) is 0.417. The van der Waals surface area contributed by atoms with Crippen molar-refractivity contribution in [1.29, 1.82) is 0 Å². The summed E-state index contributed by atoms with van der Waals surface area (Å²) in [6, 6.07) is 1.83. The highest BCUT2D eigenvalue weighted by Crippen LogP contribution is 2.28. The van der Waals surface area contributed by atoms with E-state index in [9.17, 15) is 18.0 Å². The third-order valence-electron chi connectivity index (χ3n) is 2.60. The number of rotatable bonds is 6. The molecule has 1 heterocycles. The van der Waals surface area contributed by atoms with Gasteiger partial charge in [-0.05, 0) is 25.0 Å². The molecule has 6 nitrogen and oxygen atoms in total. The summed E-state index contributed by atoms with van der Waals surface area (Å²) in [7, 11) is 0. The van der Waals surface area contributed by atoms with E-state index in [0.717, 1.165) is 12.1 Å². The van der Waals surface area contributed by atoms with Gasteiger partial charge >= 0.3 is 6.18 Å². The molecule has 0 bridgehead atoms. The van der Waals surface area contributed by atoms with Gasteiger partial charge in [-0.2, -0.15) is 13.2 Å². The van der Waals surface area contributed by atoms with Crippen molar-refractivity contribution in [2.45, 2.75) is 25.4 Å². The zero-order valence-electron chi connectivity index (χ0n) is 11.0. The average Bonchev–Trinajstić information content (AvgIpc) is 2.45. The zero-order valence-corrected chi connectivity index (χ0v) is 11.0. The van der Waals surface area contributed by atoms with Crippen LogP contribution >= 0.6 is 0 Å². The minimum Gasteiger partial charge on any atom is -0.409 e. The number of hydrogen-bond acceptors (Lipinski definition) is 4. The second kappa shape index (κ2) is 7.46. The first kappa shape index (κ1) is 16.7. The van der Waals surface area contributed by atoms with Crippen LogP contribution in [0.25, 0.3) is 0 Å². The first-order chi connectivity index (χ1) is 9.84. The lowest BCUT2D eigenvalue weighted by molar-refractivity contribution is -0.137. The number of unbranched alkanes of at least 4 members (excludes halogenated alkanes) is 1. The van der Waals surface area contributed by atoms with E-state index in [2.05, 4.69) is 15.5 Å². The Balaban J connectivity index is 2.39. The summed E-state index contributed by atoms with van der Waals surface area (Å²) in [5, 5.41) is 13.6. The lowest BCUT2D eigenvalue weighted by Gasteiger charge is -2.07. The van der Waals surface area contributed by atoms with Gasteiger partial charge in [-0.25, -0.2) is 0 Å². The second-order valence-electron chi connectivity index (χ2n) is 4.23. The number of aromatic nitrogens is 1. The van der Waals surface area contributed by atoms with Gasteiger partial charge in [-0.3, -0.25) is 9.78 Å². The Labute approximate surface area is 118 Å². The summed E-state index contributed by atoms with van der Waals surface area (Å²) < 4.78 is 37.0. The number of amidine groups is 1. The van der Waals surface area contributed by atoms with Gasteiger partial charge in [0, 0.05) is 19.2 Å². The highest BCUT2D eigenvalue weighted by molar-refractivity contribution is 5.92. The molecule has 116 valence electrons. The minimum absolute atomic E-state index is 0.0839. The van der Waals surface area contributed by atoms with Gasteiger partial charge in [0.15, 0.2) is 0 Å². The Kier molecular flexibility index (Phi) is 5.94. The predicted molar refractivity (Wildman–Crippen MR) is 68.8 cm³/mol. The number of alkyl halides is 3. The molecule has 1 rings (SSSR count). The van der Waals surface area contributed by atoms with Gasteiger partial charge in [0.2, 0.25) is 0 Å². The van der Waals surface area contributed by atoms with Crippen molar-refractivity contribution in [3.63, 3.8) is 0 Å². The number of amides is 1. The van der Waals surface area contributed by atoms with Crippen LogP contribution in [0.3, 0.4) is 0 Å². The molecule has 0 aliphatic heterocycles. The summed E-state index contributed by atoms with van der Waals surface area (Å²) in [4.78, 5) is 15.1. The third kappa shape index (κ3) is 5.67. The monoisotopic (exact) mass is 304 g/mol. The number of halogens is 3. The Morgan fingerprint density at radius 1 is 1.38 bits per heavy atom. The highest BCUT2D eigenvalue weighted by atomic mass is 19.4. The molecule has 0 aliphatic rings. The van der Waals surface area contributed by atoms with Crippen LogP contribution in [0.4, 0.5) is 13.2 Å². The SMILES string of the molecule is N/C(CCCCNC(=O)c1ccc(C(F)(F)F)cn1)=N/O. The number of hydrogen-bond donors (Lipinski definition) is 3. The number of carbonyl (C=O) groups is 1. The van der Waals surface area contributed by atoms with Crippen LogP contribution in [-0.2, 0) is 6.18 Å². The smallest absolute Gasteiger partial charge is 0.409 e. The number of nitrogens with zero attached hydrogens (tertiary/aromatic N) is 2. The number of nitrogens with one attached hydrogen (secondary N) is 1. The topological polar surface area (TPSA) is 101 Å². The molecule has 0 spiro atoms. The van der Waals surface area contributed by atoms with E-state index in [1.54, 1.807) is 0 Å². The van der Waals surface area contributed by atoms with Crippen molar-refractivity contribution in [3.8, 4) is 0 Å². The van der Waals surface area contributed by atoms with Gasteiger partial charge in [0.05, 0.1) is 5.56 Å². The van der Waals surface area contributed by atoms with Crippen LogP contribution in [0, 0.1) is 0 Å². The van der Waals surface area contributed by atoms with Gasteiger partial charge in [0.1, 0.15) is 11.5 Å². The van der Waals surface area contributed by atoms with Crippen LogP contribution in [0.1, 0.15) is 35.3 Å². The van der Waals surface area contributed by atoms with Crippen LogP contribution in [-0.4, -0.2) is 28.5 Å². The van der Waals surface area contributed by atoms with Gasteiger partial charge in [-0.1, -0.05) is 5.16 Å². The van der Waals surface area contributed by atoms with Crippen LogP contribution in [0.15, 0.2) is 23.5 Å². The average molecular weight is 304 g/mol. The number of oxime groups is 1. The number of nitrogens with two attached hydrogens (primary N) is 1. The first-order valence-corrected chi connectivity index (χ1v) is 6.12.